The van der Waals surface area contributed by atoms with Gasteiger partial charge >= 0.3 is 0 Å². The molecule has 9 rings (SSSR count). The molecule has 2 aliphatic carbocycles. The van der Waals surface area contributed by atoms with Crippen molar-refractivity contribution in [1.29, 1.82) is 0 Å². The van der Waals surface area contributed by atoms with Crippen LogP contribution in [0.2, 0.25) is 0 Å². The molecule has 7 aromatic rings. The second kappa shape index (κ2) is 9.32. The lowest BCUT2D eigenvalue weighted by molar-refractivity contribution is 0.102. The third-order valence-corrected chi connectivity index (χ3v) is 9.20. The molecule has 2 heteroatoms. The van der Waals surface area contributed by atoms with Crippen LogP contribution in [-0.2, 0) is 0 Å². The van der Waals surface area contributed by atoms with Crippen molar-refractivity contribution in [2.75, 3.05) is 0 Å². The molecule has 0 amide bonds. The Labute approximate surface area is 253 Å². The van der Waals surface area contributed by atoms with Gasteiger partial charge in [0.05, 0.1) is 0 Å². The molecule has 0 atom stereocenters. The van der Waals surface area contributed by atoms with Gasteiger partial charge in [-0.05, 0) is 65.4 Å². The number of rotatable bonds is 0. The van der Waals surface area contributed by atoms with Crippen LogP contribution < -0.4 is 10.4 Å². The summed E-state index contributed by atoms with van der Waals surface area (Å²) in [6.07, 6.45) is 0. The summed E-state index contributed by atoms with van der Waals surface area (Å²) in [4.78, 5) is 27.4. The molecular formula is C42H24O2. The molecule has 204 valence electrons. The first kappa shape index (κ1) is 24.7. The number of hydrogen-bond donors (Lipinski definition) is 0. The molecule has 7 aromatic carbocycles. The first-order valence-corrected chi connectivity index (χ1v) is 14.9. The molecule has 0 aromatic heterocycles. The van der Waals surface area contributed by atoms with Crippen LogP contribution in [0.25, 0.3) is 32.7 Å². The summed E-state index contributed by atoms with van der Waals surface area (Å²) in [6, 6.07) is 49.0. The number of benzene rings is 7. The molecule has 44 heavy (non-hydrogen) atoms. The molecule has 0 saturated carbocycles. The van der Waals surface area contributed by atoms with E-state index < -0.39 is 0 Å². The first-order chi connectivity index (χ1) is 21.7. The van der Waals surface area contributed by atoms with Crippen molar-refractivity contribution in [3.8, 4) is 0 Å². The fourth-order valence-corrected chi connectivity index (χ4v) is 7.38. The zero-order chi connectivity index (χ0) is 29.4. The Morgan fingerprint density at radius 1 is 0.250 bits per heavy atom. The summed E-state index contributed by atoms with van der Waals surface area (Å²) in [5.74, 6) is 0.113. The fourth-order valence-electron chi connectivity index (χ4n) is 7.38. The zero-order valence-corrected chi connectivity index (χ0v) is 23.7. The highest BCUT2D eigenvalue weighted by molar-refractivity contribution is 6.22. The second-order valence-corrected chi connectivity index (χ2v) is 11.4. The van der Waals surface area contributed by atoms with Gasteiger partial charge in [0.25, 0.3) is 0 Å². The average molecular weight is 561 g/mol. The quantitative estimate of drug-likeness (QED) is 0.179. The normalized spacial score (nSPS) is 13.5. The van der Waals surface area contributed by atoms with Crippen LogP contribution in [-0.4, -0.2) is 11.6 Å². The predicted octanol–water partition coefficient (Wildman–Crippen LogP) is 7.58. The highest BCUT2D eigenvalue weighted by Crippen LogP contribution is 2.37. The van der Waals surface area contributed by atoms with Crippen LogP contribution in [0.15, 0.2) is 146 Å². The van der Waals surface area contributed by atoms with E-state index >= 15 is 0 Å². The fraction of sp³-hybridized carbons (Fsp3) is 0. The van der Waals surface area contributed by atoms with Crippen LogP contribution in [0.3, 0.4) is 0 Å². The van der Waals surface area contributed by atoms with Crippen LogP contribution in [0.4, 0.5) is 0 Å². The van der Waals surface area contributed by atoms with Crippen molar-refractivity contribution in [3.63, 3.8) is 0 Å². The van der Waals surface area contributed by atoms with Gasteiger partial charge in [0, 0.05) is 22.3 Å². The maximum Gasteiger partial charge on any atom is 0.194 e. The van der Waals surface area contributed by atoms with E-state index in [0.29, 0.717) is 0 Å². The van der Waals surface area contributed by atoms with Gasteiger partial charge in [0.2, 0.25) is 0 Å². The van der Waals surface area contributed by atoms with Gasteiger partial charge in [-0.15, -0.1) is 0 Å². The van der Waals surface area contributed by atoms with E-state index in [-0.39, 0.29) is 11.6 Å². The van der Waals surface area contributed by atoms with Crippen molar-refractivity contribution in [1.82, 2.24) is 0 Å². The zero-order valence-electron chi connectivity index (χ0n) is 23.7. The molecule has 0 saturated heterocycles. The summed E-state index contributed by atoms with van der Waals surface area (Å²) in [5.41, 5.74) is 8.83. The molecule has 0 fully saturated rings. The van der Waals surface area contributed by atoms with E-state index in [1.807, 2.05) is 72.8 Å². The van der Waals surface area contributed by atoms with E-state index in [4.69, 9.17) is 0 Å². The molecule has 0 heterocycles. The highest BCUT2D eigenvalue weighted by Gasteiger charge is 2.30. The van der Waals surface area contributed by atoms with Crippen molar-refractivity contribution in [2.45, 2.75) is 0 Å². The minimum atomic E-state index is 0.0563. The molecular weight excluding hydrogens is 536 g/mol. The summed E-state index contributed by atoms with van der Waals surface area (Å²) in [7, 11) is 0. The van der Waals surface area contributed by atoms with Gasteiger partial charge < -0.3 is 0 Å². The van der Waals surface area contributed by atoms with Crippen molar-refractivity contribution < 1.29 is 9.59 Å². The highest BCUT2D eigenvalue weighted by atomic mass is 16.1. The van der Waals surface area contributed by atoms with Gasteiger partial charge in [-0.2, -0.15) is 0 Å². The lowest BCUT2D eigenvalue weighted by atomic mass is 9.77. The Kier molecular flexibility index (Phi) is 5.24. The monoisotopic (exact) mass is 560 g/mol. The van der Waals surface area contributed by atoms with Crippen molar-refractivity contribution in [3.05, 3.63) is 201 Å². The standard InChI is InChI=1S/C42H24O2/c43-41-33-21-9-5-17-29(33)39(30-18-6-10-22-34(30)41)37-25-13-1-2-14-26(25)38(28-16-4-3-15-27(28)37)40-31-19-7-11-23-35(31)42(44)36-24-12-8-20-32(36)40/h1-24H. The minimum Gasteiger partial charge on any atom is -0.289 e. The topological polar surface area (TPSA) is 34.1 Å². The molecule has 0 N–H and O–H groups in total. The first-order valence-electron chi connectivity index (χ1n) is 14.9. The molecule has 2 nitrogen and oxygen atoms in total. The molecule has 0 spiro atoms. The van der Waals surface area contributed by atoms with Gasteiger partial charge in [-0.25, -0.2) is 0 Å². The maximum absolute atomic E-state index is 13.7. The summed E-state index contributed by atoms with van der Waals surface area (Å²) >= 11 is 0. The Morgan fingerprint density at radius 3 is 0.705 bits per heavy atom. The number of hydrogen-bond acceptors (Lipinski definition) is 2. The molecule has 0 bridgehead atoms. The number of ketones is 2. The SMILES string of the molecule is O=C1c2ccccc2C(=c2c3ccccc3c(=C3c4ccccc4C(=O)c4ccccc43)c3ccccc23)c2ccccc21. The van der Waals surface area contributed by atoms with Gasteiger partial charge in [-0.3, -0.25) is 9.59 Å². The number of carbonyl (C=O) groups is 2. The molecule has 0 unspecified atom stereocenters. The third kappa shape index (κ3) is 3.31. The second-order valence-electron chi connectivity index (χ2n) is 11.4. The summed E-state index contributed by atoms with van der Waals surface area (Å²) in [5, 5.41) is 6.65. The van der Waals surface area contributed by atoms with Crippen LogP contribution in [0.1, 0.15) is 54.1 Å². The van der Waals surface area contributed by atoms with E-state index in [0.717, 1.165) is 87.6 Å². The lowest BCUT2D eigenvalue weighted by Gasteiger charge is -2.24. The molecule has 2 aliphatic rings. The van der Waals surface area contributed by atoms with E-state index in [1.54, 1.807) is 0 Å². The van der Waals surface area contributed by atoms with Crippen LogP contribution in [0, 0.1) is 0 Å². The maximum atomic E-state index is 13.7. The summed E-state index contributed by atoms with van der Waals surface area (Å²) in [6.45, 7) is 0. The number of carbonyl (C=O) groups excluding carboxylic acids is 2. The smallest absolute Gasteiger partial charge is 0.194 e. The molecule has 0 aliphatic heterocycles. The van der Waals surface area contributed by atoms with Crippen molar-refractivity contribution >= 4 is 44.3 Å². The van der Waals surface area contributed by atoms with Gasteiger partial charge in [-0.1, -0.05) is 146 Å². The Hall–Kier alpha value is -5.86. The van der Waals surface area contributed by atoms with Gasteiger partial charge in [0.1, 0.15) is 0 Å². The lowest BCUT2D eigenvalue weighted by Crippen LogP contribution is -2.25. The van der Waals surface area contributed by atoms with E-state index in [9.17, 15) is 9.59 Å². The minimum absolute atomic E-state index is 0.0563. The van der Waals surface area contributed by atoms with Crippen molar-refractivity contribution in [2.24, 2.45) is 0 Å². The summed E-state index contributed by atoms with van der Waals surface area (Å²) < 4.78 is 0. The number of fused-ring (bicyclic) bond motifs is 6. The Balaban J connectivity index is 1.60. The Bertz CT molecular complexity index is 2190. The third-order valence-electron chi connectivity index (χ3n) is 9.20. The Morgan fingerprint density at radius 2 is 0.455 bits per heavy atom. The van der Waals surface area contributed by atoms with E-state index in [1.165, 1.54) is 0 Å². The van der Waals surface area contributed by atoms with Gasteiger partial charge in [0.15, 0.2) is 11.6 Å². The van der Waals surface area contributed by atoms with E-state index in [2.05, 4.69) is 72.8 Å². The largest absolute Gasteiger partial charge is 0.289 e. The van der Waals surface area contributed by atoms with Crippen LogP contribution >= 0.6 is 0 Å². The predicted molar refractivity (Wildman–Crippen MR) is 177 cm³/mol. The van der Waals surface area contributed by atoms with Crippen LogP contribution in [0.5, 0.6) is 0 Å². The molecule has 0 radical (unpaired) electrons. The average Bonchev–Trinajstić information content (AvgIpc) is 3.09.